The van der Waals surface area contributed by atoms with Crippen LogP contribution in [-0.2, 0) is 22.7 Å². The highest BCUT2D eigenvalue weighted by Gasteiger charge is 2.36. The van der Waals surface area contributed by atoms with Crippen molar-refractivity contribution in [3.63, 3.8) is 0 Å². The highest BCUT2D eigenvalue weighted by molar-refractivity contribution is 6.36. The Morgan fingerprint density at radius 3 is 2.28 bits per heavy atom. The van der Waals surface area contributed by atoms with E-state index in [9.17, 15) is 29.4 Å². The molecule has 1 saturated heterocycles. The minimum Gasteiger partial charge on any atom is -0.480 e. The van der Waals surface area contributed by atoms with Crippen molar-refractivity contribution in [2.75, 3.05) is 47.9 Å². The molecule has 0 radical (unpaired) electrons. The summed E-state index contributed by atoms with van der Waals surface area (Å²) < 4.78 is 6.66. The van der Waals surface area contributed by atoms with Gasteiger partial charge in [0.05, 0.1) is 23.1 Å². The SMILES string of the molecule is Cc1c(NC(=O)c2ccc(CNCCNC(=O)CCCNc3nc(N)n4nc(-c5ccco5)nc4n3)cn2)cccc1-c1cccc(NC(=O)c2ccc(CN3C[C@H](O)C[C@H]3C(=O)O)cn2)c1Cl. The number of aliphatic hydroxyl groups excluding tert-OH is 1. The molecule has 1 aliphatic rings. The molecule has 1 aliphatic heterocycles. The number of pyridine rings is 2. The lowest BCUT2D eigenvalue weighted by molar-refractivity contribution is -0.142. The Bertz CT molecular complexity index is 2930. The molecule has 9 N–H and O–H groups in total. The molecule has 21 nitrogen and oxygen atoms in total. The smallest absolute Gasteiger partial charge is 0.321 e. The number of nitrogens with zero attached hydrogens (tertiary/aromatic N) is 8. The number of benzene rings is 2. The molecule has 8 rings (SSSR count). The first kappa shape index (κ1) is 46.7. The summed E-state index contributed by atoms with van der Waals surface area (Å²) in [5.41, 5.74) is 11.0. The van der Waals surface area contributed by atoms with Gasteiger partial charge in [0.2, 0.25) is 23.6 Å². The zero-order chi connectivity index (χ0) is 47.7. The van der Waals surface area contributed by atoms with Crippen molar-refractivity contribution < 1.29 is 33.8 Å². The number of carbonyl (C=O) groups is 4. The summed E-state index contributed by atoms with van der Waals surface area (Å²) in [6, 6.07) is 20.0. The molecule has 0 bridgehead atoms. The van der Waals surface area contributed by atoms with E-state index in [0.717, 1.165) is 16.7 Å². The van der Waals surface area contributed by atoms with Crippen LogP contribution in [0.25, 0.3) is 28.5 Å². The van der Waals surface area contributed by atoms with Gasteiger partial charge in [-0.1, -0.05) is 48.0 Å². The summed E-state index contributed by atoms with van der Waals surface area (Å²) in [4.78, 5) is 73.8. The number of aromatic nitrogens is 7. The van der Waals surface area contributed by atoms with E-state index in [2.05, 4.69) is 56.6 Å². The van der Waals surface area contributed by atoms with Crippen molar-refractivity contribution in [1.29, 1.82) is 0 Å². The van der Waals surface area contributed by atoms with Gasteiger partial charge in [0.1, 0.15) is 17.4 Å². The number of rotatable bonds is 19. The molecule has 5 aromatic heterocycles. The second kappa shape index (κ2) is 21.2. The Morgan fingerprint density at radius 1 is 0.853 bits per heavy atom. The highest BCUT2D eigenvalue weighted by Crippen LogP contribution is 2.37. The Kier molecular flexibility index (Phi) is 14.5. The topological polar surface area (TPSA) is 293 Å². The van der Waals surface area contributed by atoms with Crippen LogP contribution in [-0.4, -0.2) is 112 Å². The van der Waals surface area contributed by atoms with E-state index < -0.39 is 29.9 Å². The first-order chi connectivity index (χ1) is 32.9. The number of halogens is 1. The van der Waals surface area contributed by atoms with Crippen LogP contribution in [0.2, 0.25) is 5.02 Å². The minimum absolute atomic E-state index is 0.0987. The van der Waals surface area contributed by atoms with E-state index in [0.29, 0.717) is 73.1 Å². The third kappa shape index (κ3) is 11.2. The standard InChI is InChI=1S/C46H47ClN14O7/c1-26-30(31-7-3-9-33(39(31)47)55-42(65)35-15-13-28(23-53-35)24-60-25-29(62)20-36(60)43(66)67)6-2-8-32(26)54-41(64)34-14-12-27(22-52-34)21-49-17-18-50-38(63)11-4-16-51-45-57-44(48)61-46(58-45)56-40(59-61)37-10-5-19-68-37/h2-3,5-10,12-15,19,22-23,29,36,49,62H,4,11,16-18,20-21,24-25H2,1H3,(H,50,63)(H,54,64)(H,55,65)(H,66,67)(H3,48,51,56,57,58,59)/t29-,36+/m1/s1. The molecule has 0 spiro atoms. The molecular formula is C46H47ClN14O7. The van der Waals surface area contributed by atoms with Crippen LogP contribution in [0.1, 0.15) is 56.9 Å². The third-order valence-corrected chi connectivity index (χ3v) is 11.5. The Hall–Kier alpha value is -7.85. The molecule has 350 valence electrons. The van der Waals surface area contributed by atoms with Gasteiger partial charge in [-0.3, -0.25) is 34.0 Å². The fraction of sp³-hybridized carbons (Fsp3) is 0.261. The van der Waals surface area contributed by atoms with Gasteiger partial charge in [0.15, 0.2) is 5.76 Å². The summed E-state index contributed by atoms with van der Waals surface area (Å²) in [7, 11) is 0. The van der Waals surface area contributed by atoms with Crippen LogP contribution < -0.4 is 32.3 Å². The number of aliphatic hydroxyl groups is 1. The van der Waals surface area contributed by atoms with Gasteiger partial charge < -0.3 is 46.9 Å². The van der Waals surface area contributed by atoms with Crippen molar-refractivity contribution in [2.45, 2.75) is 51.4 Å². The number of hydrogen-bond donors (Lipinski definition) is 8. The van der Waals surface area contributed by atoms with E-state index in [1.165, 1.54) is 17.0 Å². The molecule has 0 saturated carbocycles. The Morgan fingerprint density at radius 2 is 1.57 bits per heavy atom. The average molecular weight is 943 g/mol. The molecule has 1 fully saturated rings. The number of carbonyl (C=O) groups excluding carboxylic acids is 3. The Balaban J connectivity index is 0.762. The van der Waals surface area contributed by atoms with Gasteiger partial charge >= 0.3 is 5.97 Å². The molecule has 2 atom stereocenters. The number of nitrogens with one attached hydrogen (secondary N) is 5. The normalized spacial score (nSPS) is 14.8. The molecular weight excluding hydrogens is 896 g/mol. The van der Waals surface area contributed by atoms with E-state index in [-0.39, 0.29) is 59.5 Å². The number of nitrogen functional groups attached to an aromatic ring is 1. The Labute approximate surface area is 393 Å². The molecule has 68 heavy (non-hydrogen) atoms. The van der Waals surface area contributed by atoms with Crippen LogP contribution >= 0.6 is 11.6 Å². The molecule has 22 heteroatoms. The number of anilines is 4. The number of amides is 3. The zero-order valence-corrected chi connectivity index (χ0v) is 37.4. The minimum atomic E-state index is -0.997. The number of fused-ring (bicyclic) bond motifs is 1. The first-order valence-corrected chi connectivity index (χ1v) is 22.0. The maximum absolute atomic E-state index is 13.3. The lowest BCUT2D eigenvalue weighted by Gasteiger charge is -2.20. The third-order valence-electron chi connectivity index (χ3n) is 11.1. The summed E-state index contributed by atoms with van der Waals surface area (Å²) in [6.45, 7) is 4.21. The molecule has 0 aliphatic carbocycles. The van der Waals surface area contributed by atoms with Crippen molar-refractivity contribution >= 4 is 64.3 Å². The number of aliphatic carboxylic acids is 1. The number of β-amino-alcohol motifs (C(OH)–C–C–N with tert-alkyl or cyclic N) is 1. The zero-order valence-electron chi connectivity index (χ0n) is 36.6. The first-order valence-electron chi connectivity index (χ1n) is 21.6. The fourth-order valence-electron chi connectivity index (χ4n) is 7.59. The monoisotopic (exact) mass is 942 g/mol. The van der Waals surface area contributed by atoms with E-state index in [1.807, 2.05) is 19.1 Å². The predicted octanol–water partition coefficient (Wildman–Crippen LogP) is 4.40. The van der Waals surface area contributed by atoms with Crippen molar-refractivity contribution in [3.05, 3.63) is 125 Å². The number of carboxylic acid groups (broad SMARTS) is 1. The molecule has 2 aromatic carbocycles. The van der Waals surface area contributed by atoms with E-state index in [1.54, 1.807) is 71.8 Å². The van der Waals surface area contributed by atoms with E-state index >= 15 is 0 Å². The predicted molar refractivity (Wildman–Crippen MR) is 252 cm³/mol. The van der Waals surface area contributed by atoms with E-state index in [4.69, 9.17) is 21.8 Å². The summed E-state index contributed by atoms with van der Waals surface area (Å²) >= 11 is 6.88. The van der Waals surface area contributed by atoms with Crippen LogP contribution in [0.4, 0.5) is 23.3 Å². The van der Waals surface area contributed by atoms with Crippen LogP contribution in [0.3, 0.4) is 0 Å². The molecule has 6 heterocycles. The van der Waals surface area contributed by atoms with Gasteiger partial charge in [-0.25, -0.2) is 0 Å². The second-order valence-corrected chi connectivity index (χ2v) is 16.3. The lowest BCUT2D eigenvalue weighted by Crippen LogP contribution is -2.35. The van der Waals surface area contributed by atoms with Crippen LogP contribution in [0.5, 0.6) is 0 Å². The largest absolute Gasteiger partial charge is 0.480 e. The number of nitrogens with two attached hydrogens (primary N) is 1. The fourth-order valence-corrected chi connectivity index (χ4v) is 7.86. The molecule has 3 amide bonds. The molecule has 7 aromatic rings. The average Bonchev–Trinajstić information content (AvgIpc) is 4.11. The number of carboxylic acids is 1. The molecule has 0 unspecified atom stereocenters. The van der Waals surface area contributed by atoms with Gasteiger partial charge in [-0.05, 0) is 72.0 Å². The van der Waals surface area contributed by atoms with Crippen molar-refractivity contribution in [3.8, 4) is 22.7 Å². The van der Waals surface area contributed by atoms with Gasteiger partial charge in [-0.2, -0.15) is 19.5 Å². The van der Waals surface area contributed by atoms with Crippen molar-refractivity contribution in [1.82, 2.24) is 50.1 Å². The maximum atomic E-state index is 13.3. The number of hydrogen-bond acceptors (Lipinski definition) is 16. The van der Waals surface area contributed by atoms with Crippen molar-refractivity contribution in [2.24, 2.45) is 0 Å². The number of likely N-dealkylation sites (tertiary alicyclic amines) is 1. The lowest BCUT2D eigenvalue weighted by atomic mass is 9.98. The van der Waals surface area contributed by atoms with Gasteiger partial charge in [0, 0.05) is 75.8 Å². The summed E-state index contributed by atoms with van der Waals surface area (Å²) in [5.74, 6) is -0.529. The summed E-state index contributed by atoms with van der Waals surface area (Å²) in [5, 5.41) is 39.0. The second-order valence-electron chi connectivity index (χ2n) is 15.9. The van der Waals surface area contributed by atoms with Crippen LogP contribution in [0.15, 0.2) is 95.9 Å². The van der Waals surface area contributed by atoms with Crippen LogP contribution in [0, 0.1) is 6.92 Å². The maximum Gasteiger partial charge on any atom is 0.321 e. The highest BCUT2D eigenvalue weighted by atomic mass is 35.5. The van der Waals surface area contributed by atoms with Gasteiger partial charge in [0.25, 0.3) is 17.6 Å². The quantitative estimate of drug-likeness (QED) is 0.0521. The summed E-state index contributed by atoms with van der Waals surface area (Å²) in [6.07, 6.45) is 4.91. The number of furan rings is 1. The van der Waals surface area contributed by atoms with Gasteiger partial charge in [-0.15, -0.1) is 5.10 Å².